The largest absolute Gasteiger partial charge is 0.380 e. The van der Waals surface area contributed by atoms with Crippen molar-refractivity contribution in [2.24, 2.45) is 4.99 Å². The second kappa shape index (κ2) is 11.3. The summed E-state index contributed by atoms with van der Waals surface area (Å²) in [5.74, 6) is -2.07. The third-order valence-electron chi connectivity index (χ3n) is 6.31. The van der Waals surface area contributed by atoms with Gasteiger partial charge in [0.1, 0.15) is 5.82 Å². The molecule has 3 aromatic rings. The van der Waals surface area contributed by atoms with E-state index in [1.807, 2.05) is 13.8 Å². The molecule has 0 spiro atoms. The number of amides is 1. The minimum absolute atomic E-state index is 0.0228. The van der Waals surface area contributed by atoms with Crippen LogP contribution in [0.4, 0.5) is 8.78 Å². The van der Waals surface area contributed by atoms with Crippen LogP contribution in [0.1, 0.15) is 49.9 Å². The monoisotopic (exact) mass is 537 g/mol. The molecule has 1 aromatic heterocycles. The molecular formula is C25H29F2N3O4S2. The highest BCUT2D eigenvalue weighted by molar-refractivity contribution is 7.89. The van der Waals surface area contributed by atoms with E-state index < -0.39 is 27.6 Å². The van der Waals surface area contributed by atoms with Crippen LogP contribution in [0.3, 0.4) is 0 Å². The molecule has 11 heteroatoms. The summed E-state index contributed by atoms with van der Waals surface area (Å²) in [4.78, 5) is 17.4. The molecule has 1 amide bonds. The highest BCUT2D eigenvalue weighted by atomic mass is 32.2. The summed E-state index contributed by atoms with van der Waals surface area (Å²) in [7, 11) is -3.67. The number of thiazole rings is 1. The molecular weight excluding hydrogens is 508 g/mol. The van der Waals surface area contributed by atoms with E-state index in [1.165, 1.54) is 34.9 Å². The topological polar surface area (TPSA) is 81.0 Å². The molecule has 4 rings (SSSR count). The van der Waals surface area contributed by atoms with Crippen molar-refractivity contribution in [3.8, 4) is 0 Å². The number of sulfonamides is 1. The van der Waals surface area contributed by atoms with Crippen LogP contribution in [0.5, 0.6) is 0 Å². The van der Waals surface area contributed by atoms with Gasteiger partial charge >= 0.3 is 0 Å². The van der Waals surface area contributed by atoms with E-state index in [-0.39, 0.29) is 40.0 Å². The Kier molecular flexibility index (Phi) is 8.34. The number of carbonyl (C=O) groups excluding carboxylic acids is 1. The molecule has 194 valence electrons. The van der Waals surface area contributed by atoms with Crippen LogP contribution < -0.4 is 4.80 Å². The van der Waals surface area contributed by atoms with Gasteiger partial charge in [0.25, 0.3) is 5.91 Å². The summed E-state index contributed by atoms with van der Waals surface area (Å²) < 4.78 is 63.5. The number of hydrogen-bond donors (Lipinski definition) is 0. The average Bonchev–Trinajstić information content (AvgIpc) is 3.21. The van der Waals surface area contributed by atoms with Gasteiger partial charge in [-0.15, -0.1) is 0 Å². The first kappa shape index (κ1) is 26.6. The van der Waals surface area contributed by atoms with Gasteiger partial charge < -0.3 is 9.30 Å². The maximum atomic E-state index is 14.6. The summed E-state index contributed by atoms with van der Waals surface area (Å²) in [5.41, 5.74) is 0.348. The van der Waals surface area contributed by atoms with Gasteiger partial charge in [0.05, 0.1) is 21.7 Å². The van der Waals surface area contributed by atoms with E-state index in [1.54, 1.807) is 4.31 Å². The maximum Gasteiger partial charge on any atom is 0.279 e. The molecule has 0 radical (unpaired) electrons. The van der Waals surface area contributed by atoms with Crippen LogP contribution in [0.2, 0.25) is 0 Å². The minimum Gasteiger partial charge on any atom is -0.380 e. The quantitative estimate of drug-likeness (QED) is 0.390. The van der Waals surface area contributed by atoms with Crippen molar-refractivity contribution in [3.63, 3.8) is 0 Å². The lowest BCUT2D eigenvalue weighted by atomic mass is 10.0. The maximum absolute atomic E-state index is 14.6. The molecule has 2 aromatic carbocycles. The number of hydrogen-bond acceptors (Lipinski definition) is 5. The third kappa shape index (κ3) is 5.44. The Morgan fingerprint density at radius 3 is 2.61 bits per heavy atom. The summed E-state index contributed by atoms with van der Waals surface area (Å²) >= 11 is 1.000. The first-order valence-electron chi connectivity index (χ1n) is 12.0. The molecule has 0 N–H and O–H groups in total. The predicted molar refractivity (Wildman–Crippen MR) is 134 cm³/mol. The molecule has 0 saturated carbocycles. The Hall–Kier alpha value is -2.47. The molecule has 7 nitrogen and oxygen atoms in total. The standard InChI is InChI=1S/C25H29F2N3O4S2/c1-3-19-7-5-6-12-30(19)36(32,33)20-10-8-17(9-11-20)24(31)28-25-29(13-14-34-4-2)23-21(27)15-18(26)16-22(23)35-25/h8-11,15-16,19H,3-7,12-14H2,1-2H3. The molecule has 1 unspecified atom stereocenters. The van der Waals surface area contributed by atoms with Gasteiger partial charge in [0.2, 0.25) is 10.0 Å². The number of rotatable bonds is 8. The van der Waals surface area contributed by atoms with Gasteiger partial charge in [0.15, 0.2) is 10.6 Å². The van der Waals surface area contributed by atoms with Gasteiger partial charge in [0, 0.05) is 37.4 Å². The molecule has 0 bridgehead atoms. The second-order valence-electron chi connectivity index (χ2n) is 8.58. The predicted octanol–water partition coefficient (Wildman–Crippen LogP) is 4.71. The Balaban J connectivity index is 1.66. The van der Waals surface area contributed by atoms with Crippen molar-refractivity contribution in [3.05, 3.63) is 58.4 Å². The fourth-order valence-electron chi connectivity index (χ4n) is 4.48. The Labute approximate surface area is 213 Å². The highest BCUT2D eigenvalue weighted by Gasteiger charge is 2.32. The fourth-order valence-corrected chi connectivity index (χ4v) is 7.34. The Morgan fingerprint density at radius 2 is 1.92 bits per heavy atom. The van der Waals surface area contributed by atoms with Crippen LogP contribution in [-0.2, 0) is 21.3 Å². The lowest BCUT2D eigenvalue weighted by molar-refractivity contribution is 0.0996. The summed E-state index contributed by atoms with van der Waals surface area (Å²) in [6.45, 7) is 5.27. The number of aromatic nitrogens is 1. The van der Waals surface area contributed by atoms with Gasteiger partial charge in [-0.05, 0) is 56.5 Å². The lowest BCUT2D eigenvalue weighted by Gasteiger charge is -2.34. The number of benzene rings is 2. The van der Waals surface area contributed by atoms with E-state index in [0.29, 0.717) is 17.9 Å². The minimum atomic E-state index is -3.67. The number of piperidine rings is 1. The zero-order valence-electron chi connectivity index (χ0n) is 20.2. The number of nitrogens with zero attached hydrogens (tertiary/aromatic N) is 3. The number of carbonyl (C=O) groups is 1. The number of fused-ring (bicyclic) bond motifs is 1. The zero-order chi connectivity index (χ0) is 25.9. The normalized spacial score (nSPS) is 17.7. The number of halogens is 2. The SMILES string of the molecule is CCOCCn1c(=NC(=O)c2ccc(S(=O)(=O)N3CCCCC3CC)cc2)sc2cc(F)cc(F)c21. The van der Waals surface area contributed by atoms with Crippen LogP contribution in [0.15, 0.2) is 46.3 Å². The fraction of sp³-hybridized carbons (Fsp3) is 0.440. The van der Waals surface area contributed by atoms with Crippen molar-refractivity contribution in [2.45, 2.75) is 57.0 Å². The second-order valence-corrected chi connectivity index (χ2v) is 11.5. The van der Waals surface area contributed by atoms with E-state index in [4.69, 9.17) is 4.74 Å². The van der Waals surface area contributed by atoms with E-state index in [9.17, 15) is 22.0 Å². The molecule has 36 heavy (non-hydrogen) atoms. The van der Waals surface area contributed by atoms with Gasteiger partial charge in [-0.2, -0.15) is 9.30 Å². The van der Waals surface area contributed by atoms with Crippen molar-refractivity contribution in [2.75, 3.05) is 19.8 Å². The number of ether oxygens (including phenoxy) is 1. The highest BCUT2D eigenvalue weighted by Crippen LogP contribution is 2.27. The van der Waals surface area contributed by atoms with Crippen LogP contribution in [0.25, 0.3) is 10.2 Å². The van der Waals surface area contributed by atoms with Gasteiger partial charge in [-0.25, -0.2) is 17.2 Å². The van der Waals surface area contributed by atoms with Crippen LogP contribution in [0, 0.1) is 11.6 Å². The first-order valence-corrected chi connectivity index (χ1v) is 14.3. The van der Waals surface area contributed by atoms with Crippen molar-refractivity contribution in [1.29, 1.82) is 0 Å². The molecule has 1 atom stereocenters. The van der Waals surface area contributed by atoms with Gasteiger partial charge in [-0.1, -0.05) is 24.7 Å². The molecule has 1 aliphatic rings. The molecule has 2 heterocycles. The van der Waals surface area contributed by atoms with E-state index in [0.717, 1.165) is 43.1 Å². The van der Waals surface area contributed by atoms with Crippen molar-refractivity contribution < 1.29 is 26.7 Å². The smallest absolute Gasteiger partial charge is 0.279 e. The summed E-state index contributed by atoms with van der Waals surface area (Å²) in [6.07, 6.45) is 3.43. The summed E-state index contributed by atoms with van der Waals surface area (Å²) in [5, 5.41) is 0. The van der Waals surface area contributed by atoms with E-state index in [2.05, 4.69) is 4.99 Å². The summed E-state index contributed by atoms with van der Waals surface area (Å²) in [6, 6.07) is 7.68. The zero-order valence-corrected chi connectivity index (χ0v) is 21.9. The molecule has 1 saturated heterocycles. The van der Waals surface area contributed by atoms with Crippen molar-refractivity contribution in [1.82, 2.24) is 8.87 Å². The van der Waals surface area contributed by atoms with Gasteiger partial charge in [-0.3, -0.25) is 4.79 Å². The van der Waals surface area contributed by atoms with E-state index >= 15 is 0 Å². The van der Waals surface area contributed by atoms with Crippen molar-refractivity contribution >= 4 is 37.5 Å². The Morgan fingerprint density at radius 1 is 1.17 bits per heavy atom. The van der Waals surface area contributed by atoms with Crippen LogP contribution in [-0.4, -0.2) is 49.0 Å². The van der Waals surface area contributed by atoms with Crippen LogP contribution >= 0.6 is 11.3 Å². The first-order chi connectivity index (χ1) is 17.3. The third-order valence-corrected chi connectivity index (χ3v) is 9.30. The molecule has 0 aliphatic carbocycles. The average molecular weight is 538 g/mol. The Bertz CT molecular complexity index is 1420. The lowest BCUT2D eigenvalue weighted by Crippen LogP contribution is -2.43. The molecule has 1 fully saturated rings. The molecule has 1 aliphatic heterocycles.